The molecule has 0 radical (unpaired) electrons. The van der Waals surface area contributed by atoms with Crippen LogP contribution in [-0.4, -0.2) is 41.9 Å². The second kappa shape index (κ2) is 40.4. The molecule has 0 aliphatic heterocycles. The van der Waals surface area contributed by atoms with Crippen molar-refractivity contribution in [3.63, 3.8) is 0 Å². The van der Waals surface area contributed by atoms with Crippen molar-refractivity contribution in [3.8, 4) is 0 Å². The Labute approximate surface area is 334 Å². The van der Waals surface area contributed by atoms with Crippen LogP contribution in [0.4, 0.5) is 0 Å². The van der Waals surface area contributed by atoms with Crippen molar-refractivity contribution in [2.24, 2.45) is 0 Å². The average Bonchev–Trinajstić information content (AvgIpc) is 3.14. The summed E-state index contributed by atoms with van der Waals surface area (Å²) in [5, 5.41) is 13.2. The molecule has 0 heterocycles. The molecule has 3 N–H and O–H groups in total. The molecule has 0 rings (SSSR count). The first-order chi connectivity index (χ1) is 26.3. The number of carbonyl (C=O) groups is 1. The summed E-state index contributed by atoms with van der Waals surface area (Å²) in [5.74, 6) is -1.02. The summed E-state index contributed by atoms with van der Waals surface area (Å²) < 4.78 is 32.6. The van der Waals surface area contributed by atoms with Gasteiger partial charge in [0.1, 0.15) is 0 Å². The molecule has 0 bridgehead atoms. The van der Waals surface area contributed by atoms with Gasteiger partial charge >= 0.3 is 0 Å². The quantitative estimate of drug-likeness (QED) is 0.0328. The van der Waals surface area contributed by atoms with E-state index < -0.39 is 28.0 Å². The van der Waals surface area contributed by atoms with Crippen molar-refractivity contribution in [1.29, 1.82) is 0 Å². The van der Waals surface area contributed by atoms with Crippen LogP contribution in [0.3, 0.4) is 0 Å². The van der Waals surface area contributed by atoms with Gasteiger partial charge < -0.3 is 10.4 Å². The van der Waals surface area contributed by atoms with Crippen LogP contribution < -0.4 is 5.32 Å². The van der Waals surface area contributed by atoms with Gasteiger partial charge in [-0.3, -0.25) is 9.35 Å². The molecule has 0 aliphatic carbocycles. The molecular formula is C47H83NO5S. The van der Waals surface area contributed by atoms with Gasteiger partial charge in [0.05, 0.1) is 17.9 Å². The van der Waals surface area contributed by atoms with Gasteiger partial charge in [-0.15, -0.1) is 0 Å². The summed E-state index contributed by atoms with van der Waals surface area (Å²) in [6.45, 7) is 4.42. The molecule has 6 nitrogen and oxygen atoms in total. The molecule has 0 aromatic rings. The number of hydrogen-bond donors (Lipinski definition) is 3. The number of allylic oxidation sites excluding steroid dienone is 11. The van der Waals surface area contributed by atoms with Crippen LogP contribution in [0, 0.1) is 0 Å². The summed E-state index contributed by atoms with van der Waals surface area (Å²) in [6, 6.07) is -1.08. The number of aliphatic hydroxyl groups excluding tert-OH is 1. The lowest BCUT2D eigenvalue weighted by molar-refractivity contribution is -0.122. The van der Waals surface area contributed by atoms with E-state index in [1.807, 2.05) is 6.08 Å². The van der Waals surface area contributed by atoms with E-state index in [2.05, 4.69) is 79.9 Å². The van der Waals surface area contributed by atoms with Crippen LogP contribution in [0.25, 0.3) is 0 Å². The van der Waals surface area contributed by atoms with Gasteiger partial charge in [0, 0.05) is 6.42 Å². The van der Waals surface area contributed by atoms with Crippen molar-refractivity contribution in [1.82, 2.24) is 5.32 Å². The highest BCUT2D eigenvalue weighted by Gasteiger charge is 2.24. The highest BCUT2D eigenvalue weighted by Crippen LogP contribution is 2.14. The summed E-state index contributed by atoms with van der Waals surface area (Å²) in [6.07, 6.45) is 57.5. The molecule has 0 saturated carbocycles. The molecule has 2 atom stereocenters. The predicted octanol–water partition coefficient (Wildman–Crippen LogP) is 13.4. The SMILES string of the molecule is CC/C=C\C/C=C\C/C=C\C/C=C\CCCCCCCCCCC(=O)NC(CS(=O)(=O)O)C(O)/C=C/CC/C=C/CCCCCCCCCCCCCC. The summed E-state index contributed by atoms with van der Waals surface area (Å²) in [7, 11) is -4.36. The summed E-state index contributed by atoms with van der Waals surface area (Å²) in [4.78, 5) is 12.5. The van der Waals surface area contributed by atoms with E-state index in [0.29, 0.717) is 12.8 Å². The molecule has 0 fully saturated rings. The minimum absolute atomic E-state index is 0.275. The number of amides is 1. The number of nitrogens with one attached hydrogen (secondary N) is 1. The third kappa shape index (κ3) is 41.0. The first-order valence-electron chi connectivity index (χ1n) is 22.1. The Hall–Kier alpha value is -2.22. The van der Waals surface area contributed by atoms with Crippen molar-refractivity contribution in [3.05, 3.63) is 72.9 Å². The number of carbonyl (C=O) groups excluding carboxylic acids is 1. The zero-order valence-corrected chi connectivity index (χ0v) is 35.6. The van der Waals surface area contributed by atoms with Crippen LogP contribution in [-0.2, 0) is 14.9 Å². The summed E-state index contributed by atoms with van der Waals surface area (Å²) in [5.41, 5.74) is 0. The van der Waals surface area contributed by atoms with Gasteiger partial charge in [-0.25, -0.2) is 0 Å². The lowest BCUT2D eigenvalue weighted by atomic mass is 10.0. The van der Waals surface area contributed by atoms with Gasteiger partial charge in [0.2, 0.25) is 5.91 Å². The van der Waals surface area contributed by atoms with Gasteiger partial charge in [-0.05, 0) is 70.6 Å². The van der Waals surface area contributed by atoms with Crippen LogP contribution in [0.1, 0.15) is 200 Å². The number of rotatable bonds is 39. The first-order valence-corrected chi connectivity index (χ1v) is 23.7. The number of aliphatic hydroxyl groups is 1. The molecule has 0 saturated heterocycles. The Kier molecular flexibility index (Phi) is 38.8. The van der Waals surface area contributed by atoms with Crippen LogP contribution in [0.15, 0.2) is 72.9 Å². The van der Waals surface area contributed by atoms with Gasteiger partial charge in [0.25, 0.3) is 10.1 Å². The third-order valence-corrected chi connectivity index (χ3v) is 10.4. The van der Waals surface area contributed by atoms with Gasteiger partial charge in [0.15, 0.2) is 0 Å². The van der Waals surface area contributed by atoms with Crippen molar-refractivity contribution >= 4 is 16.0 Å². The monoisotopic (exact) mass is 774 g/mol. The maximum absolute atomic E-state index is 12.5. The van der Waals surface area contributed by atoms with Crippen molar-refractivity contribution in [2.75, 3.05) is 5.75 Å². The fourth-order valence-electron chi connectivity index (χ4n) is 6.34. The minimum Gasteiger partial charge on any atom is -0.387 e. The van der Waals surface area contributed by atoms with E-state index in [4.69, 9.17) is 0 Å². The zero-order valence-electron chi connectivity index (χ0n) is 34.8. The van der Waals surface area contributed by atoms with Crippen molar-refractivity contribution in [2.45, 2.75) is 212 Å². The topological polar surface area (TPSA) is 104 Å². The highest BCUT2D eigenvalue weighted by atomic mass is 32.2. The predicted molar refractivity (Wildman–Crippen MR) is 234 cm³/mol. The first kappa shape index (κ1) is 51.8. The fraction of sp³-hybridized carbons (Fsp3) is 0.723. The van der Waals surface area contributed by atoms with Crippen LogP contribution in [0.5, 0.6) is 0 Å². The molecule has 2 unspecified atom stereocenters. The number of unbranched alkanes of at least 4 members (excludes halogenated alkanes) is 21. The molecule has 312 valence electrons. The highest BCUT2D eigenvalue weighted by molar-refractivity contribution is 7.85. The Bertz CT molecular complexity index is 1120. The molecule has 0 aromatic heterocycles. The molecule has 0 aliphatic rings. The zero-order chi connectivity index (χ0) is 39.6. The summed E-state index contributed by atoms with van der Waals surface area (Å²) >= 11 is 0. The molecule has 7 heteroatoms. The standard InChI is InChI=1S/C47H83NO5S/c1-3-5-7-9-11-13-15-17-19-21-23-24-25-27-29-31-33-35-37-39-41-43-47(50)48-45(44-54(51,52)53)46(49)42-40-38-36-34-32-30-28-26-22-20-18-16-14-12-10-8-6-4-2/h5,7,11,13,17,19,23-24,32,34,40,42,45-46,49H,3-4,6,8-10,12,14-16,18,20-22,25-31,33,35-39,41,43-44H2,1-2H3,(H,48,50)(H,51,52,53)/b7-5-,13-11-,19-17-,24-23-,34-32+,42-40+. The molecule has 0 aromatic carbocycles. The maximum atomic E-state index is 12.5. The fourth-order valence-corrected chi connectivity index (χ4v) is 7.07. The average molecular weight is 774 g/mol. The van der Waals surface area contributed by atoms with Gasteiger partial charge in [-0.2, -0.15) is 8.42 Å². The smallest absolute Gasteiger partial charge is 0.267 e. The van der Waals surface area contributed by atoms with E-state index in [1.54, 1.807) is 0 Å². The lowest BCUT2D eigenvalue weighted by Gasteiger charge is -2.21. The Morgan fingerprint density at radius 3 is 1.39 bits per heavy atom. The molecular weight excluding hydrogens is 691 g/mol. The molecule has 54 heavy (non-hydrogen) atoms. The third-order valence-electron chi connectivity index (χ3n) is 9.62. The minimum atomic E-state index is -4.36. The largest absolute Gasteiger partial charge is 0.387 e. The second-order valence-electron chi connectivity index (χ2n) is 14.9. The van der Waals surface area contributed by atoms with Crippen LogP contribution in [0.2, 0.25) is 0 Å². The van der Waals surface area contributed by atoms with E-state index in [-0.39, 0.29) is 12.3 Å². The van der Waals surface area contributed by atoms with E-state index in [0.717, 1.165) is 64.2 Å². The maximum Gasteiger partial charge on any atom is 0.267 e. The molecule has 0 spiro atoms. The van der Waals surface area contributed by atoms with E-state index in [9.17, 15) is 22.9 Å². The Balaban J connectivity index is 3.95. The van der Waals surface area contributed by atoms with Crippen molar-refractivity contribution < 1.29 is 22.9 Å². The van der Waals surface area contributed by atoms with Gasteiger partial charge in [-0.1, -0.05) is 196 Å². The number of hydrogen-bond acceptors (Lipinski definition) is 4. The van der Waals surface area contributed by atoms with E-state index in [1.165, 1.54) is 109 Å². The second-order valence-corrected chi connectivity index (χ2v) is 16.4. The normalized spacial score (nSPS) is 13.9. The Morgan fingerprint density at radius 1 is 0.519 bits per heavy atom. The van der Waals surface area contributed by atoms with E-state index >= 15 is 0 Å². The van der Waals surface area contributed by atoms with Crippen LogP contribution >= 0.6 is 0 Å². The molecule has 1 amide bonds. The lowest BCUT2D eigenvalue weighted by Crippen LogP contribution is -2.46. The Morgan fingerprint density at radius 2 is 0.907 bits per heavy atom.